The lowest BCUT2D eigenvalue weighted by Gasteiger charge is -2.58. The number of unbranched alkanes of at least 4 members (excludes halogenated alkanes) is 3. The lowest BCUT2D eigenvalue weighted by atomic mass is 9.47. The molecule has 0 spiro atoms. The van der Waals surface area contributed by atoms with Gasteiger partial charge in [0.1, 0.15) is 12.7 Å². The molecule has 41 heavy (non-hydrogen) atoms. The third kappa shape index (κ3) is 7.95. The van der Waals surface area contributed by atoms with E-state index in [2.05, 4.69) is 50.5 Å². The zero-order valence-corrected chi connectivity index (χ0v) is 27.5. The van der Waals surface area contributed by atoms with E-state index >= 15 is 0 Å². The molecule has 7 heteroatoms. The lowest BCUT2D eigenvalue weighted by molar-refractivity contribution is -0.185. The van der Waals surface area contributed by atoms with E-state index in [0.717, 1.165) is 74.0 Å². The number of fused-ring (bicyclic) bond motifs is 5. The Labute approximate surface area is 251 Å². The fourth-order valence-corrected chi connectivity index (χ4v) is 10.1. The van der Waals surface area contributed by atoms with Gasteiger partial charge in [0.05, 0.1) is 0 Å². The van der Waals surface area contributed by atoms with Crippen molar-refractivity contribution in [3.63, 3.8) is 0 Å². The van der Waals surface area contributed by atoms with Gasteiger partial charge < -0.3 is 14.9 Å². The van der Waals surface area contributed by atoms with Crippen molar-refractivity contribution in [3.8, 4) is 0 Å². The van der Waals surface area contributed by atoms with E-state index in [1.807, 2.05) is 0 Å². The Balaban J connectivity index is 1.24. The number of allylic oxidation sites excluding steroid dienone is 1. The summed E-state index contributed by atoms with van der Waals surface area (Å²) in [7, 11) is -2.75. The predicted molar refractivity (Wildman–Crippen MR) is 163 cm³/mol. The van der Waals surface area contributed by atoms with Crippen molar-refractivity contribution in [1.29, 1.82) is 0 Å². The zero-order valence-electron chi connectivity index (χ0n) is 26.6. The molecular formula is C34H58NO5P. The number of hydrogen-bond donors (Lipinski definition) is 1. The first-order valence-electron chi connectivity index (χ1n) is 17.0. The monoisotopic (exact) mass is 591 g/mol. The second-order valence-electron chi connectivity index (χ2n) is 15.0. The van der Waals surface area contributed by atoms with Crippen LogP contribution in [0.25, 0.3) is 0 Å². The Kier molecular flexibility index (Phi) is 11.8. The van der Waals surface area contributed by atoms with Crippen molar-refractivity contribution in [3.05, 3.63) is 11.6 Å². The second kappa shape index (κ2) is 14.7. The normalized spacial score (nSPS) is 35.6. The highest BCUT2D eigenvalue weighted by molar-refractivity contribution is 7.30. The topological polar surface area (TPSA) is 87.7 Å². The summed E-state index contributed by atoms with van der Waals surface area (Å²) in [5.41, 5.74) is 2.35. The molecule has 0 saturated heterocycles. The first-order valence-corrected chi connectivity index (χ1v) is 18.1. The van der Waals surface area contributed by atoms with Crippen LogP contribution in [0.5, 0.6) is 0 Å². The second-order valence-corrected chi connectivity index (χ2v) is 15.7. The molecule has 4 aliphatic carbocycles. The quantitative estimate of drug-likeness (QED) is 0.124. The van der Waals surface area contributed by atoms with Crippen LogP contribution < -0.4 is 10.2 Å². The summed E-state index contributed by atoms with van der Waals surface area (Å²) in [6.07, 6.45) is 19.6. The number of amides is 1. The largest absolute Gasteiger partial charge is 0.566 e. The summed E-state index contributed by atoms with van der Waals surface area (Å²) in [5.74, 6) is 5.04. The fraction of sp³-hybridized carbons (Fsp3) is 0.912. The van der Waals surface area contributed by atoms with Crippen LogP contribution in [0.3, 0.4) is 0 Å². The van der Waals surface area contributed by atoms with Gasteiger partial charge in [0, 0.05) is 13.0 Å². The maximum absolute atomic E-state index is 12.5. The van der Waals surface area contributed by atoms with Crippen LogP contribution in [-0.2, 0) is 13.8 Å². The molecule has 1 amide bonds. The van der Waals surface area contributed by atoms with E-state index in [9.17, 15) is 14.3 Å². The number of ether oxygens (including phenoxy) is 1. The van der Waals surface area contributed by atoms with Crippen LogP contribution in [0.2, 0.25) is 0 Å². The van der Waals surface area contributed by atoms with Gasteiger partial charge in [-0.1, -0.05) is 78.4 Å². The van der Waals surface area contributed by atoms with Crippen LogP contribution in [0.1, 0.15) is 131 Å². The number of rotatable bonds is 14. The smallest absolute Gasteiger partial charge is 0.488 e. The highest BCUT2D eigenvalue weighted by atomic mass is 31.1. The molecule has 6 nitrogen and oxygen atoms in total. The molecule has 1 N–H and O–H groups in total. The molecule has 0 heterocycles. The van der Waals surface area contributed by atoms with E-state index < -0.39 is 8.25 Å². The molecule has 0 aromatic carbocycles. The highest BCUT2D eigenvalue weighted by Gasteiger charge is 2.59. The molecule has 4 rings (SSSR count). The molecule has 3 fully saturated rings. The van der Waals surface area contributed by atoms with E-state index in [0.29, 0.717) is 18.4 Å². The molecule has 0 radical (unpaired) electrons. The van der Waals surface area contributed by atoms with Crippen molar-refractivity contribution in [1.82, 2.24) is 5.32 Å². The van der Waals surface area contributed by atoms with Gasteiger partial charge in [0.15, 0.2) is 0 Å². The van der Waals surface area contributed by atoms with Crippen molar-refractivity contribution in [2.45, 2.75) is 137 Å². The maximum atomic E-state index is 12.5. The summed E-state index contributed by atoms with van der Waals surface area (Å²) in [6, 6.07) is 0. The minimum absolute atomic E-state index is 0.0199. The van der Waals surface area contributed by atoms with Gasteiger partial charge in [0.25, 0.3) is 0 Å². The van der Waals surface area contributed by atoms with Gasteiger partial charge in [-0.25, -0.2) is 4.79 Å². The average Bonchev–Trinajstić information content (AvgIpc) is 3.27. The molecule has 0 aromatic rings. The number of carbonyl (C=O) groups excluding carboxylic acids is 1. The number of nitrogens with one attached hydrogen (secondary N) is 1. The van der Waals surface area contributed by atoms with Crippen LogP contribution in [0, 0.1) is 46.3 Å². The van der Waals surface area contributed by atoms with Gasteiger partial charge in [0.2, 0.25) is 0 Å². The predicted octanol–water partition coefficient (Wildman–Crippen LogP) is 8.72. The van der Waals surface area contributed by atoms with E-state index in [1.165, 1.54) is 51.4 Å². The van der Waals surface area contributed by atoms with Gasteiger partial charge in [-0.3, -0.25) is 0 Å². The van der Waals surface area contributed by atoms with Crippen LogP contribution >= 0.6 is 8.25 Å². The van der Waals surface area contributed by atoms with Gasteiger partial charge in [-0.15, -0.1) is 4.52 Å². The lowest BCUT2D eigenvalue weighted by Crippen LogP contribution is -2.51. The SMILES string of the molecule is CC(C)CCC[C@@H](C)[C@H]1CCC2C3CC=C4C[C@@H](OC(=O)NCCCCCCO[P+](=O)[O-])CC[C@]4(C)C3CC[C@@]21C. The number of hydrogen-bond acceptors (Lipinski definition) is 5. The van der Waals surface area contributed by atoms with E-state index in [4.69, 9.17) is 4.74 Å². The average molecular weight is 592 g/mol. The Morgan fingerprint density at radius 2 is 1.80 bits per heavy atom. The maximum Gasteiger partial charge on any atom is 0.488 e. The molecule has 0 aliphatic heterocycles. The van der Waals surface area contributed by atoms with Crippen LogP contribution in [0.4, 0.5) is 4.79 Å². The Bertz CT molecular complexity index is 923. The number of alkyl carbamates (subject to hydrolysis) is 1. The van der Waals surface area contributed by atoms with Gasteiger partial charge >= 0.3 is 14.3 Å². The standard InChI is InChI=1S/C34H58NO5P/c1-24(2)11-10-12-25(3)29-15-16-30-28-14-13-26-23-27(17-19-33(26,4)31(28)18-20-34(29,30)5)40-32(36)35-21-8-6-7-9-22-39-41(37)38/h13,24-25,27-31H,6-12,14-23H2,1-5H3,(H,35,36)/t25-,27+,28?,29-,30?,31?,33+,34-/m1/s1. The Hall–Kier alpha value is -0.970. The molecule has 4 unspecified atom stereocenters. The van der Waals surface area contributed by atoms with Crippen molar-refractivity contribution in [2.75, 3.05) is 13.2 Å². The first-order chi connectivity index (χ1) is 19.5. The molecule has 3 saturated carbocycles. The zero-order chi connectivity index (χ0) is 29.6. The van der Waals surface area contributed by atoms with Crippen LogP contribution in [-0.4, -0.2) is 25.3 Å². The third-order valence-corrected chi connectivity index (χ3v) is 12.5. The molecule has 0 bridgehead atoms. The minimum Gasteiger partial charge on any atom is -0.566 e. The first kappa shape index (κ1) is 32.9. The summed E-state index contributed by atoms with van der Waals surface area (Å²) in [6.45, 7) is 13.3. The molecule has 9 atom stereocenters. The Morgan fingerprint density at radius 1 is 1.02 bits per heavy atom. The fourth-order valence-electron chi connectivity index (χ4n) is 9.86. The Morgan fingerprint density at radius 3 is 2.56 bits per heavy atom. The molecular weight excluding hydrogens is 533 g/mol. The van der Waals surface area contributed by atoms with Gasteiger partial charge in [-0.05, 0) is 109 Å². The van der Waals surface area contributed by atoms with Crippen LogP contribution in [0.15, 0.2) is 11.6 Å². The minimum atomic E-state index is -2.75. The molecule has 4 aliphatic rings. The summed E-state index contributed by atoms with van der Waals surface area (Å²) in [5, 5.41) is 2.92. The van der Waals surface area contributed by atoms with Crippen molar-refractivity contribution in [2.24, 2.45) is 46.3 Å². The van der Waals surface area contributed by atoms with Crippen molar-refractivity contribution < 1.29 is 23.5 Å². The third-order valence-electron chi connectivity index (χ3n) is 12.1. The summed E-state index contributed by atoms with van der Waals surface area (Å²) >= 11 is 0. The van der Waals surface area contributed by atoms with Gasteiger partial charge in [-0.2, -0.15) is 0 Å². The summed E-state index contributed by atoms with van der Waals surface area (Å²) < 4.78 is 20.8. The van der Waals surface area contributed by atoms with Crippen molar-refractivity contribution >= 4 is 14.3 Å². The van der Waals surface area contributed by atoms with E-state index in [1.54, 1.807) is 5.57 Å². The molecule has 234 valence electrons. The highest BCUT2D eigenvalue weighted by Crippen LogP contribution is 2.67. The number of carbonyl (C=O) groups is 1. The summed E-state index contributed by atoms with van der Waals surface area (Å²) in [4.78, 5) is 22.9. The molecule has 0 aromatic heterocycles. The van der Waals surface area contributed by atoms with E-state index in [-0.39, 0.29) is 24.2 Å².